The zero-order valence-corrected chi connectivity index (χ0v) is 14.3. The van der Waals surface area contributed by atoms with Gasteiger partial charge in [0.05, 0.1) is 17.6 Å². The van der Waals surface area contributed by atoms with Gasteiger partial charge < -0.3 is 14.2 Å². The van der Waals surface area contributed by atoms with Crippen molar-refractivity contribution in [2.75, 3.05) is 21.0 Å². The molecule has 3 rings (SSSR count). The Morgan fingerprint density at radius 1 is 1.08 bits per heavy atom. The van der Waals surface area contributed by atoms with Crippen molar-refractivity contribution in [3.05, 3.63) is 48.0 Å². The third-order valence-electron chi connectivity index (χ3n) is 3.54. The Labute approximate surface area is 144 Å². The average molecular weight is 365 g/mol. The van der Waals surface area contributed by atoms with Crippen LogP contribution in [-0.4, -0.2) is 39.8 Å². The minimum absolute atomic E-state index is 0.00326. The first-order valence-corrected chi connectivity index (χ1v) is 8.61. The van der Waals surface area contributed by atoms with Crippen LogP contribution in [-0.2, 0) is 14.9 Å². The van der Waals surface area contributed by atoms with Gasteiger partial charge in [-0.2, -0.15) is 0 Å². The van der Waals surface area contributed by atoms with Crippen molar-refractivity contribution in [1.29, 1.82) is 0 Å². The van der Waals surface area contributed by atoms with Crippen LogP contribution in [0.1, 0.15) is 10.4 Å². The Morgan fingerprint density at radius 2 is 1.76 bits per heavy atom. The van der Waals surface area contributed by atoms with Crippen molar-refractivity contribution < 1.29 is 32.3 Å². The molecule has 0 aliphatic carbocycles. The standard InChI is InChI=1S/C16H15NO7S/c1-17(21-2)25(19,20)13-6-3-11(4-7-13)16(18)24-12-5-8-14-15(9-12)23-10-22-14/h3-9H,10H2,1-2H3. The molecule has 0 spiro atoms. The Morgan fingerprint density at radius 3 is 2.44 bits per heavy atom. The molecule has 0 fully saturated rings. The molecule has 0 atom stereocenters. The van der Waals surface area contributed by atoms with Crippen LogP contribution in [0.25, 0.3) is 0 Å². The molecule has 0 saturated heterocycles. The van der Waals surface area contributed by atoms with Gasteiger partial charge >= 0.3 is 5.97 Å². The molecule has 8 nitrogen and oxygen atoms in total. The highest BCUT2D eigenvalue weighted by Gasteiger charge is 2.21. The molecule has 0 unspecified atom stereocenters. The number of sulfonamides is 1. The fraction of sp³-hybridized carbons (Fsp3) is 0.188. The van der Waals surface area contributed by atoms with Crippen LogP contribution in [0.2, 0.25) is 0 Å². The fourth-order valence-corrected chi connectivity index (χ4v) is 3.09. The van der Waals surface area contributed by atoms with E-state index in [2.05, 4.69) is 0 Å². The van der Waals surface area contributed by atoms with Gasteiger partial charge in [-0.3, -0.25) is 4.84 Å². The third-order valence-corrected chi connectivity index (χ3v) is 5.23. The summed E-state index contributed by atoms with van der Waals surface area (Å²) in [6.45, 7) is 0.124. The number of esters is 1. The minimum Gasteiger partial charge on any atom is -0.454 e. The zero-order chi connectivity index (χ0) is 18.0. The molecule has 9 heteroatoms. The third kappa shape index (κ3) is 3.43. The van der Waals surface area contributed by atoms with Crippen molar-refractivity contribution >= 4 is 16.0 Å². The van der Waals surface area contributed by atoms with Crippen molar-refractivity contribution in [3.63, 3.8) is 0 Å². The Hall–Kier alpha value is -2.62. The summed E-state index contributed by atoms with van der Waals surface area (Å²) in [5, 5.41) is 0. The SMILES string of the molecule is CON(C)S(=O)(=O)c1ccc(C(=O)Oc2ccc3c(c2)OCO3)cc1. The van der Waals surface area contributed by atoms with Crippen LogP contribution in [0.3, 0.4) is 0 Å². The first-order valence-electron chi connectivity index (χ1n) is 7.17. The molecule has 0 bridgehead atoms. The van der Waals surface area contributed by atoms with E-state index in [1.165, 1.54) is 38.4 Å². The molecular weight excluding hydrogens is 350 g/mol. The monoisotopic (exact) mass is 365 g/mol. The highest BCUT2D eigenvalue weighted by Crippen LogP contribution is 2.35. The zero-order valence-electron chi connectivity index (χ0n) is 13.5. The first kappa shape index (κ1) is 17.2. The second kappa shape index (κ2) is 6.71. The number of rotatable bonds is 5. The lowest BCUT2D eigenvalue weighted by Gasteiger charge is -2.14. The summed E-state index contributed by atoms with van der Waals surface area (Å²) in [6.07, 6.45) is 0. The smallest absolute Gasteiger partial charge is 0.343 e. The summed E-state index contributed by atoms with van der Waals surface area (Å²) in [4.78, 5) is 16.9. The average Bonchev–Trinajstić information content (AvgIpc) is 3.08. The molecular formula is C16H15NO7S. The Kier molecular flexibility index (Phi) is 4.62. The summed E-state index contributed by atoms with van der Waals surface area (Å²) in [6, 6.07) is 10.1. The van der Waals surface area contributed by atoms with E-state index in [0.29, 0.717) is 17.2 Å². The van der Waals surface area contributed by atoms with Crippen molar-refractivity contribution in [3.8, 4) is 17.2 Å². The lowest BCUT2D eigenvalue weighted by atomic mass is 10.2. The molecule has 0 radical (unpaired) electrons. The van der Waals surface area contributed by atoms with Gasteiger partial charge in [-0.15, -0.1) is 0 Å². The van der Waals surface area contributed by atoms with E-state index in [4.69, 9.17) is 19.0 Å². The predicted octanol–water partition coefficient (Wildman–Crippen LogP) is 1.82. The van der Waals surface area contributed by atoms with E-state index in [9.17, 15) is 13.2 Å². The van der Waals surface area contributed by atoms with Crippen LogP contribution in [0.4, 0.5) is 0 Å². The molecule has 0 amide bonds. The van der Waals surface area contributed by atoms with Crippen molar-refractivity contribution in [2.24, 2.45) is 0 Å². The van der Waals surface area contributed by atoms with Gasteiger partial charge in [0.1, 0.15) is 5.75 Å². The van der Waals surface area contributed by atoms with Crippen molar-refractivity contribution in [1.82, 2.24) is 4.47 Å². The minimum atomic E-state index is -3.77. The highest BCUT2D eigenvalue weighted by molar-refractivity contribution is 7.89. The summed E-state index contributed by atoms with van der Waals surface area (Å²) in [5.41, 5.74) is 0.205. The molecule has 2 aromatic carbocycles. The summed E-state index contributed by atoms with van der Waals surface area (Å²) in [5.74, 6) is 0.749. The number of nitrogens with zero attached hydrogens (tertiary/aromatic N) is 1. The Balaban J connectivity index is 1.75. The number of ether oxygens (including phenoxy) is 3. The van der Waals surface area contributed by atoms with E-state index in [0.717, 1.165) is 4.47 Å². The first-order chi connectivity index (χ1) is 11.9. The van der Waals surface area contributed by atoms with E-state index >= 15 is 0 Å². The van der Waals surface area contributed by atoms with Crippen molar-refractivity contribution in [2.45, 2.75) is 4.90 Å². The van der Waals surface area contributed by atoms with Gasteiger partial charge in [0.2, 0.25) is 6.79 Å². The maximum atomic E-state index is 12.2. The number of hydrogen-bond acceptors (Lipinski definition) is 7. The van der Waals surface area contributed by atoms with E-state index in [-0.39, 0.29) is 17.3 Å². The van der Waals surface area contributed by atoms with Crippen LogP contribution in [0.5, 0.6) is 17.2 Å². The fourth-order valence-electron chi connectivity index (χ4n) is 2.12. The quantitative estimate of drug-likeness (QED) is 0.453. The van der Waals surface area contributed by atoms with Gasteiger partial charge in [0, 0.05) is 13.1 Å². The van der Waals surface area contributed by atoms with Gasteiger partial charge in [0.25, 0.3) is 10.0 Å². The van der Waals surface area contributed by atoms with E-state index < -0.39 is 16.0 Å². The maximum absolute atomic E-state index is 12.2. The molecule has 1 aliphatic heterocycles. The number of hydroxylamine groups is 1. The lowest BCUT2D eigenvalue weighted by molar-refractivity contribution is -0.0258. The summed E-state index contributed by atoms with van der Waals surface area (Å²) in [7, 11) is -1.25. The molecule has 2 aromatic rings. The summed E-state index contributed by atoms with van der Waals surface area (Å²) < 4.78 is 40.6. The number of carbonyl (C=O) groups is 1. The van der Waals surface area contributed by atoms with Crippen LogP contribution in [0, 0.1) is 0 Å². The van der Waals surface area contributed by atoms with E-state index in [1.807, 2.05) is 0 Å². The number of carbonyl (C=O) groups excluding carboxylic acids is 1. The maximum Gasteiger partial charge on any atom is 0.343 e. The Bertz CT molecular complexity index is 893. The number of fused-ring (bicyclic) bond motifs is 1. The van der Waals surface area contributed by atoms with Crippen LogP contribution in [0.15, 0.2) is 47.4 Å². The van der Waals surface area contributed by atoms with Gasteiger partial charge in [-0.1, -0.05) is 4.47 Å². The van der Waals surface area contributed by atoms with Gasteiger partial charge in [-0.25, -0.2) is 13.2 Å². The van der Waals surface area contributed by atoms with Crippen LogP contribution >= 0.6 is 0 Å². The largest absolute Gasteiger partial charge is 0.454 e. The van der Waals surface area contributed by atoms with Gasteiger partial charge in [-0.05, 0) is 36.4 Å². The topological polar surface area (TPSA) is 91.4 Å². The number of benzene rings is 2. The highest BCUT2D eigenvalue weighted by atomic mass is 32.2. The summed E-state index contributed by atoms with van der Waals surface area (Å²) >= 11 is 0. The molecule has 0 N–H and O–H groups in total. The molecule has 25 heavy (non-hydrogen) atoms. The molecule has 0 aromatic heterocycles. The van der Waals surface area contributed by atoms with E-state index in [1.54, 1.807) is 18.2 Å². The van der Waals surface area contributed by atoms with Crippen LogP contribution < -0.4 is 14.2 Å². The molecule has 1 heterocycles. The molecule has 1 aliphatic rings. The molecule has 132 valence electrons. The molecule has 0 saturated carbocycles. The lowest BCUT2D eigenvalue weighted by Crippen LogP contribution is -2.25. The second-order valence-electron chi connectivity index (χ2n) is 5.03. The van der Waals surface area contributed by atoms with Gasteiger partial charge in [0.15, 0.2) is 11.5 Å². The predicted molar refractivity (Wildman–Crippen MR) is 85.9 cm³/mol. The normalized spacial score (nSPS) is 13.1. The second-order valence-corrected chi connectivity index (χ2v) is 6.96. The number of hydrogen-bond donors (Lipinski definition) is 0.